The first kappa shape index (κ1) is 26.2. The Morgan fingerprint density at radius 1 is 1.00 bits per heavy atom. The van der Waals surface area contributed by atoms with Crippen LogP contribution >= 0.6 is 0 Å². The van der Waals surface area contributed by atoms with Crippen molar-refractivity contribution in [3.63, 3.8) is 0 Å². The number of hydrogen-bond acceptors (Lipinski definition) is 4. The van der Waals surface area contributed by atoms with Gasteiger partial charge in [0.15, 0.2) is 5.60 Å². The van der Waals surface area contributed by atoms with Crippen LogP contribution in [0.2, 0.25) is 0 Å². The predicted molar refractivity (Wildman–Crippen MR) is 109 cm³/mol. The van der Waals surface area contributed by atoms with Crippen molar-refractivity contribution in [1.29, 1.82) is 0 Å². The normalized spacial score (nSPS) is 20.3. The SMILES string of the molecule is C[C@H]1CN(c2ccc(F)cc2C(F)(F)F)CCN1S(=O)(=O)c1cccc([C@](C)(O)C(F)(F)F)c1. The van der Waals surface area contributed by atoms with Crippen LogP contribution in [-0.2, 0) is 21.8 Å². The number of aliphatic hydroxyl groups is 1. The van der Waals surface area contributed by atoms with E-state index in [1.54, 1.807) is 0 Å². The molecule has 2 aromatic carbocycles. The number of hydrogen-bond donors (Lipinski definition) is 1. The first-order chi connectivity index (χ1) is 15.5. The lowest BCUT2D eigenvalue weighted by Crippen LogP contribution is -2.54. The molecule has 1 saturated heterocycles. The molecule has 0 saturated carbocycles. The second kappa shape index (κ2) is 8.68. The minimum atomic E-state index is -5.06. The van der Waals surface area contributed by atoms with E-state index in [4.69, 9.17) is 0 Å². The maximum absolute atomic E-state index is 13.4. The summed E-state index contributed by atoms with van der Waals surface area (Å²) < 4.78 is 120. The zero-order chi connectivity index (χ0) is 25.7. The molecule has 2 aromatic rings. The van der Waals surface area contributed by atoms with Gasteiger partial charge in [0.25, 0.3) is 0 Å². The number of rotatable bonds is 4. The summed E-state index contributed by atoms with van der Waals surface area (Å²) in [6.45, 7) is 1.33. The second-order valence-electron chi connectivity index (χ2n) is 8.17. The fourth-order valence-corrected chi connectivity index (χ4v) is 5.45. The van der Waals surface area contributed by atoms with Crippen LogP contribution in [0.25, 0.3) is 0 Å². The van der Waals surface area contributed by atoms with Crippen molar-refractivity contribution >= 4 is 15.7 Å². The molecule has 1 aliphatic heterocycles. The van der Waals surface area contributed by atoms with Gasteiger partial charge in [0, 0.05) is 31.4 Å². The van der Waals surface area contributed by atoms with Gasteiger partial charge in [0.2, 0.25) is 10.0 Å². The van der Waals surface area contributed by atoms with Crippen LogP contribution in [0.4, 0.5) is 36.4 Å². The van der Waals surface area contributed by atoms with Crippen molar-refractivity contribution in [2.24, 2.45) is 0 Å². The maximum Gasteiger partial charge on any atom is 0.421 e. The van der Waals surface area contributed by atoms with Gasteiger partial charge in [0.1, 0.15) is 5.82 Å². The third kappa shape index (κ3) is 4.86. The van der Waals surface area contributed by atoms with Gasteiger partial charge < -0.3 is 10.0 Å². The maximum atomic E-state index is 13.4. The van der Waals surface area contributed by atoms with E-state index >= 15 is 0 Å². The minimum absolute atomic E-state index is 0.168. The van der Waals surface area contributed by atoms with E-state index in [9.17, 15) is 44.3 Å². The van der Waals surface area contributed by atoms with E-state index in [1.165, 1.54) is 11.8 Å². The molecule has 0 aromatic heterocycles. The van der Waals surface area contributed by atoms with Gasteiger partial charge in [-0.15, -0.1) is 0 Å². The molecular weight excluding hydrogens is 493 g/mol. The Bertz CT molecular complexity index is 1160. The van der Waals surface area contributed by atoms with E-state index in [1.807, 2.05) is 0 Å². The summed E-state index contributed by atoms with van der Waals surface area (Å²) in [5.74, 6) is -1.07. The fourth-order valence-electron chi connectivity index (χ4n) is 3.79. The predicted octanol–water partition coefficient (Wildman–Crippen LogP) is 4.51. The van der Waals surface area contributed by atoms with Gasteiger partial charge in [-0.2, -0.15) is 30.6 Å². The van der Waals surface area contributed by atoms with E-state index in [0.717, 1.165) is 40.7 Å². The van der Waals surface area contributed by atoms with E-state index in [0.29, 0.717) is 13.0 Å². The molecule has 0 radical (unpaired) electrons. The Kier molecular flexibility index (Phi) is 6.70. The van der Waals surface area contributed by atoms with Crippen LogP contribution in [0.15, 0.2) is 47.4 Å². The summed E-state index contributed by atoms with van der Waals surface area (Å²) in [5, 5.41) is 9.89. The lowest BCUT2D eigenvalue weighted by atomic mass is 9.96. The molecule has 0 amide bonds. The minimum Gasteiger partial charge on any atom is -0.376 e. The Morgan fingerprint density at radius 3 is 2.21 bits per heavy atom. The Labute approximate surface area is 191 Å². The lowest BCUT2D eigenvalue weighted by Gasteiger charge is -2.41. The van der Waals surface area contributed by atoms with Crippen molar-refractivity contribution in [3.8, 4) is 0 Å². The molecule has 0 spiro atoms. The van der Waals surface area contributed by atoms with Crippen molar-refractivity contribution in [2.45, 2.75) is 42.7 Å². The van der Waals surface area contributed by atoms with Gasteiger partial charge in [-0.3, -0.25) is 0 Å². The Morgan fingerprint density at radius 2 is 1.65 bits per heavy atom. The van der Waals surface area contributed by atoms with Gasteiger partial charge in [0.05, 0.1) is 10.5 Å². The lowest BCUT2D eigenvalue weighted by molar-refractivity contribution is -0.258. The van der Waals surface area contributed by atoms with Crippen LogP contribution in [0, 0.1) is 5.82 Å². The summed E-state index contributed by atoms with van der Waals surface area (Å²) in [6.07, 6.45) is -9.89. The highest BCUT2D eigenvalue weighted by Crippen LogP contribution is 2.40. The van der Waals surface area contributed by atoms with E-state index in [-0.39, 0.29) is 25.3 Å². The first-order valence-electron chi connectivity index (χ1n) is 9.99. The van der Waals surface area contributed by atoms with Gasteiger partial charge in [-0.25, -0.2) is 12.8 Å². The number of alkyl halides is 6. The zero-order valence-electron chi connectivity index (χ0n) is 18.0. The van der Waals surface area contributed by atoms with Crippen molar-refractivity contribution < 1.29 is 44.3 Å². The fraction of sp³-hybridized carbons (Fsp3) is 0.429. The summed E-state index contributed by atoms with van der Waals surface area (Å²) >= 11 is 0. The van der Waals surface area contributed by atoms with Gasteiger partial charge in [-0.05, 0) is 49.7 Å². The summed E-state index contributed by atoms with van der Waals surface area (Å²) in [5.41, 5.74) is -5.47. The van der Waals surface area contributed by atoms with Gasteiger partial charge >= 0.3 is 12.4 Å². The Hall–Kier alpha value is -2.38. The molecule has 1 fully saturated rings. The van der Waals surface area contributed by atoms with Crippen LogP contribution in [0.1, 0.15) is 25.0 Å². The third-order valence-electron chi connectivity index (χ3n) is 5.73. The molecular formula is C21H21F7N2O3S. The third-order valence-corrected chi connectivity index (χ3v) is 7.74. The molecule has 13 heteroatoms. The highest BCUT2D eigenvalue weighted by molar-refractivity contribution is 7.89. The molecule has 34 heavy (non-hydrogen) atoms. The molecule has 0 aliphatic carbocycles. The summed E-state index contributed by atoms with van der Waals surface area (Å²) in [6, 6.07) is 5.15. The standard InChI is InChI=1S/C21H21F7N2O3S/c1-13-12-29(18-7-6-15(22)11-17(18)20(23,24)25)8-9-30(13)34(32,33)16-5-3-4-14(10-16)19(2,31)21(26,27)28/h3-7,10-11,13,31H,8-9,12H2,1-2H3/t13-,19-/m0/s1. The number of anilines is 1. The molecule has 3 rings (SSSR count). The first-order valence-corrected chi connectivity index (χ1v) is 11.4. The Balaban J connectivity index is 1.89. The highest BCUT2D eigenvalue weighted by Gasteiger charge is 2.51. The van der Waals surface area contributed by atoms with E-state index < -0.39 is 55.9 Å². The molecule has 5 nitrogen and oxygen atoms in total. The van der Waals surface area contributed by atoms with Crippen molar-refractivity contribution in [3.05, 3.63) is 59.4 Å². The smallest absolute Gasteiger partial charge is 0.376 e. The summed E-state index contributed by atoms with van der Waals surface area (Å²) in [7, 11) is -4.34. The number of piperazine rings is 1. The number of sulfonamides is 1. The van der Waals surface area contributed by atoms with Crippen LogP contribution in [0.5, 0.6) is 0 Å². The molecule has 188 valence electrons. The van der Waals surface area contributed by atoms with Crippen molar-refractivity contribution in [1.82, 2.24) is 4.31 Å². The van der Waals surface area contributed by atoms with Crippen LogP contribution in [-0.4, -0.2) is 49.7 Å². The average molecular weight is 514 g/mol. The van der Waals surface area contributed by atoms with E-state index in [2.05, 4.69) is 0 Å². The second-order valence-corrected chi connectivity index (χ2v) is 10.1. The topological polar surface area (TPSA) is 60.9 Å². The molecule has 0 bridgehead atoms. The molecule has 1 N–H and O–H groups in total. The van der Waals surface area contributed by atoms with Crippen LogP contribution < -0.4 is 4.90 Å². The molecule has 1 heterocycles. The van der Waals surface area contributed by atoms with Gasteiger partial charge in [-0.1, -0.05) is 12.1 Å². The molecule has 2 atom stereocenters. The molecule has 0 unspecified atom stereocenters. The van der Waals surface area contributed by atoms with Crippen LogP contribution in [0.3, 0.4) is 0 Å². The largest absolute Gasteiger partial charge is 0.421 e. The summed E-state index contributed by atoms with van der Waals surface area (Å²) in [4.78, 5) is 0.789. The number of halogens is 7. The molecule has 1 aliphatic rings. The highest BCUT2D eigenvalue weighted by atomic mass is 32.2. The number of nitrogens with zero attached hydrogens (tertiary/aromatic N) is 2. The number of benzene rings is 2. The quantitative estimate of drug-likeness (QED) is 0.610. The van der Waals surface area contributed by atoms with Crippen molar-refractivity contribution in [2.75, 3.05) is 24.5 Å². The zero-order valence-corrected chi connectivity index (χ0v) is 18.8. The monoisotopic (exact) mass is 514 g/mol. The average Bonchev–Trinajstić information content (AvgIpc) is 2.72.